The van der Waals surface area contributed by atoms with E-state index >= 15 is 0 Å². The number of hydrogen-bond acceptors (Lipinski definition) is 4. The Bertz CT molecular complexity index is 828. The van der Waals surface area contributed by atoms with Gasteiger partial charge in [-0.2, -0.15) is 0 Å². The van der Waals surface area contributed by atoms with Gasteiger partial charge in [0.2, 0.25) is 5.91 Å². The lowest BCUT2D eigenvalue weighted by molar-refractivity contribution is -0.144. The molecule has 2 aromatic rings. The molecule has 1 amide bonds. The lowest BCUT2D eigenvalue weighted by atomic mass is 9.85. The Labute approximate surface area is 159 Å². The first-order valence-electron chi connectivity index (χ1n) is 10.2. The molecule has 3 aliphatic rings. The predicted octanol–water partition coefficient (Wildman–Crippen LogP) is 2.49. The molecule has 6 nitrogen and oxygen atoms in total. The van der Waals surface area contributed by atoms with Gasteiger partial charge in [0.15, 0.2) is 0 Å². The van der Waals surface area contributed by atoms with E-state index in [1.54, 1.807) is 6.20 Å². The number of fused-ring (bicyclic) bond motifs is 3. The SMILES string of the molecule is O=C(C[C@@H]1CCCO1)N1[C@@H]2CC[C@H]1CC(O)(Cn1ccc3ccncc31)C2. The first-order chi connectivity index (χ1) is 13.1. The summed E-state index contributed by atoms with van der Waals surface area (Å²) in [6.07, 6.45) is 11.6. The van der Waals surface area contributed by atoms with Crippen LogP contribution in [0.5, 0.6) is 0 Å². The third kappa shape index (κ3) is 3.15. The molecule has 0 radical (unpaired) electrons. The highest BCUT2D eigenvalue weighted by Gasteiger charge is 2.49. The molecule has 1 N–H and O–H groups in total. The lowest BCUT2D eigenvalue weighted by Gasteiger charge is -2.44. The van der Waals surface area contributed by atoms with Crippen molar-refractivity contribution in [2.75, 3.05) is 6.61 Å². The van der Waals surface area contributed by atoms with Crippen molar-refractivity contribution in [2.24, 2.45) is 0 Å². The van der Waals surface area contributed by atoms with Crippen LogP contribution in [0.1, 0.15) is 44.9 Å². The van der Waals surface area contributed by atoms with Gasteiger partial charge in [0.1, 0.15) is 0 Å². The van der Waals surface area contributed by atoms with Gasteiger partial charge in [-0.05, 0) is 50.7 Å². The van der Waals surface area contributed by atoms with Gasteiger partial charge in [-0.1, -0.05) is 0 Å². The summed E-state index contributed by atoms with van der Waals surface area (Å²) in [5.41, 5.74) is 0.281. The van der Waals surface area contributed by atoms with Crippen LogP contribution in [0.2, 0.25) is 0 Å². The third-order valence-corrected chi connectivity index (χ3v) is 6.61. The minimum absolute atomic E-state index is 0.0939. The molecule has 0 aromatic carbocycles. The number of piperidine rings is 1. The van der Waals surface area contributed by atoms with Crippen molar-refractivity contribution in [2.45, 2.75) is 75.3 Å². The van der Waals surface area contributed by atoms with E-state index in [2.05, 4.69) is 20.5 Å². The third-order valence-electron chi connectivity index (χ3n) is 6.61. The summed E-state index contributed by atoms with van der Waals surface area (Å²) in [5, 5.41) is 12.5. The molecule has 2 aromatic heterocycles. The van der Waals surface area contributed by atoms with Gasteiger partial charge in [-0.15, -0.1) is 0 Å². The second-order valence-electron chi connectivity index (χ2n) is 8.54. The van der Waals surface area contributed by atoms with Gasteiger partial charge in [0, 0.05) is 36.5 Å². The highest BCUT2D eigenvalue weighted by atomic mass is 16.5. The van der Waals surface area contributed by atoms with Gasteiger partial charge < -0.3 is 19.3 Å². The maximum atomic E-state index is 12.9. The number of carbonyl (C=O) groups is 1. The van der Waals surface area contributed by atoms with Crippen LogP contribution in [0.3, 0.4) is 0 Å². The van der Waals surface area contributed by atoms with E-state index in [0.29, 0.717) is 25.8 Å². The molecule has 144 valence electrons. The summed E-state index contributed by atoms with van der Waals surface area (Å²) in [4.78, 5) is 19.2. The van der Waals surface area contributed by atoms with E-state index in [4.69, 9.17) is 4.74 Å². The fraction of sp³-hybridized carbons (Fsp3) is 0.619. The molecular formula is C21H27N3O3. The molecule has 0 saturated carbocycles. The summed E-state index contributed by atoms with van der Waals surface area (Å²) < 4.78 is 7.75. The fourth-order valence-electron chi connectivity index (χ4n) is 5.45. The first kappa shape index (κ1) is 17.2. The zero-order valence-corrected chi connectivity index (χ0v) is 15.6. The van der Waals surface area contributed by atoms with Crippen molar-refractivity contribution in [3.05, 3.63) is 30.7 Å². The highest BCUT2D eigenvalue weighted by molar-refractivity contribution is 5.79. The average molecular weight is 369 g/mol. The molecular weight excluding hydrogens is 342 g/mol. The molecule has 2 bridgehead atoms. The van der Waals surface area contributed by atoms with Crippen molar-refractivity contribution >= 4 is 16.8 Å². The van der Waals surface area contributed by atoms with Gasteiger partial charge in [0.25, 0.3) is 0 Å². The number of hydrogen-bond donors (Lipinski definition) is 1. The predicted molar refractivity (Wildman–Crippen MR) is 101 cm³/mol. The quantitative estimate of drug-likeness (QED) is 0.899. The molecule has 1 unspecified atom stereocenters. The maximum Gasteiger partial charge on any atom is 0.225 e. The molecule has 3 fully saturated rings. The Morgan fingerprint density at radius 3 is 2.81 bits per heavy atom. The van der Waals surface area contributed by atoms with Crippen LogP contribution >= 0.6 is 0 Å². The molecule has 4 atom stereocenters. The lowest BCUT2D eigenvalue weighted by Crippen LogP contribution is -2.55. The van der Waals surface area contributed by atoms with Gasteiger partial charge in [-0.25, -0.2) is 0 Å². The standard InChI is InChI=1S/C21H27N3O3/c25-20(10-18-2-1-9-27-18)24-16-3-4-17(24)12-21(26,11-16)14-23-8-6-15-5-7-22-13-19(15)23/h5-8,13,16-18,26H,1-4,9-12,14H2/t16-,17+,18-,21?/m0/s1. The normalized spacial score (nSPS) is 33.1. The van der Waals surface area contributed by atoms with E-state index in [1.165, 1.54) is 0 Å². The van der Waals surface area contributed by atoms with Gasteiger partial charge in [-0.3, -0.25) is 9.78 Å². The second kappa shape index (κ2) is 6.60. The van der Waals surface area contributed by atoms with Crippen molar-refractivity contribution in [3.63, 3.8) is 0 Å². The number of amides is 1. The first-order valence-corrected chi connectivity index (χ1v) is 10.2. The Hall–Kier alpha value is -1.92. The summed E-state index contributed by atoms with van der Waals surface area (Å²) in [5.74, 6) is 0.215. The second-order valence-corrected chi connectivity index (χ2v) is 8.54. The number of aromatic nitrogens is 2. The van der Waals surface area contributed by atoms with Crippen LogP contribution in [0.25, 0.3) is 10.9 Å². The highest BCUT2D eigenvalue weighted by Crippen LogP contribution is 2.42. The van der Waals surface area contributed by atoms with Crippen molar-refractivity contribution in [3.8, 4) is 0 Å². The van der Waals surface area contributed by atoms with Crippen LogP contribution < -0.4 is 0 Å². The Morgan fingerprint density at radius 1 is 1.26 bits per heavy atom. The smallest absolute Gasteiger partial charge is 0.225 e. The number of aliphatic hydroxyl groups is 1. The molecule has 0 aliphatic carbocycles. The molecule has 3 aliphatic heterocycles. The van der Waals surface area contributed by atoms with E-state index in [0.717, 1.165) is 43.2 Å². The van der Waals surface area contributed by atoms with Crippen LogP contribution in [-0.2, 0) is 16.1 Å². The minimum Gasteiger partial charge on any atom is -0.388 e. The van der Waals surface area contributed by atoms with E-state index in [9.17, 15) is 9.90 Å². The molecule has 27 heavy (non-hydrogen) atoms. The number of rotatable bonds is 4. The molecule has 5 rings (SSSR count). The van der Waals surface area contributed by atoms with Crippen molar-refractivity contribution in [1.29, 1.82) is 0 Å². The largest absolute Gasteiger partial charge is 0.388 e. The molecule has 0 spiro atoms. The molecule has 6 heteroatoms. The molecule has 5 heterocycles. The molecule has 3 saturated heterocycles. The van der Waals surface area contributed by atoms with Crippen LogP contribution in [0, 0.1) is 0 Å². The Morgan fingerprint density at radius 2 is 2.07 bits per heavy atom. The summed E-state index contributed by atoms with van der Waals surface area (Å²) in [6, 6.07) is 4.37. The number of ether oxygens (including phenoxy) is 1. The van der Waals surface area contributed by atoms with E-state index in [1.807, 2.05) is 18.5 Å². The maximum absolute atomic E-state index is 12.9. The van der Waals surface area contributed by atoms with Crippen LogP contribution in [0.15, 0.2) is 30.7 Å². The number of carbonyl (C=O) groups excluding carboxylic acids is 1. The Kier molecular flexibility index (Phi) is 4.20. The number of pyridine rings is 1. The fourth-order valence-corrected chi connectivity index (χ4v) is 5.45. The van der Waals surface area contributed by atoms with Gasteiger partial charge >= 0.3 is 0 Å². The zero-order valence-electron chi connectivity index (χ0n) is 15.6. The van der Waals surface area contributed by atoms with E-state index < -0.39 is 5.60 Å². The summed E-state index contributed by atoms with van der Waals surface area (Å²) in [7, 11) is 0. The minimum atomic E-state index is -0.770. The summed E-state index contributed by atoms with van der Waals surface area (Å²) >= 11 is 0. The summed E-state index contributed by atoms with van der Waals surface area (Å²) in [6.45, 7) is 1.34. The average Bonchev–Trinajstić information content (AvgIpc) is 3.35. The van der Waals surface area contributed by atoms with Gasteiger partial charge in [0.05, 0.1) is 36.4 Å². The van der Waals surface area contributed by atoms with E-state index in [-0.39, 0.29) is 24.1 Å². The Balaban J connectivity index is 1.30. The van der Waals surface area contributed by atoms with Crippen molar-refractivity contribution in [1.82, 2.24) is 14.5 Å². The van der Waals surface area contributed by atoms with Crippen LogP contribution in [-0.4, -0.2) is 55.9 Å². The van der Waals surface area contributed by atoms with Crippen LogP contribution in [0.4, 0.5) is 0 Å². The zero-order chi connectivity index (χ0) is 18.4. The number of nitrogens with zero attached hydrogens (tertiary/aromatic N) is 3. The topological polar surface area (TPSA) is 67.6 Å². The van der Waals surface area contributed by atoms with Crippen molar-refractivity contribution < 1.29 is 14.6 Å². The monoisotopic (exact) mass is 369 g/mol.